The molecule has 0 saturated carbocycles. The SMILES string of the molecule is C/C(COC(N)=O)=C(/F)CBr. The number of hydrogen-bond donors (Lipinski definition) is 1. The third-order valence-electron chi connectivity index (χ3n) is 1.01. The summed E-state index contributed by atoms with van der Waals surface area (Å²) >= 11 is 2.92. The Morgan fingerprint density at radius 2 is 2.27 bits per heavy atom. The summed E-state index contributed by atoms with van der Waals surface area (Å²) in [6.07, 6.45) is -0.897. The van der Waals surface area contributed by atoms with Crippen LogP contribution in [0.15, 0.2) is 11.4 Å². The first-order valence-corrected chi connectivity index (χ1v) is 4.02. The fourth-order valence-electron chi connectivity index (χ4n) is 0.372. The number of ether oxygens (including phenoxy) is 1. The molecule has 0 unspecified atom stereocenters. The number of primary amides is 1. The van der Waals surface area contributed by atoms with E-state index in [1.54, 1.807) is 0 Å². The molecule has 0 aliphatic heterocycles. The molecule has 0 saturated heterocycles. The van der Waals surface area contributed by atoms with Gasteiger partial charge in [-0.05, 0) is 12.5 Å². The molecule has 0 rings (SSSR count). The molecule has 0 fully saturated rings. The fourth-order valence-corrected chi connectivity index (χ4v) is 0.850. The minimum absolute atomic E-state index is 0.0905. The lowest BCUT2D eigenvalue weighted by Gasteiger charge is -2.01. The molecule has 0 aromatic rings. The first-order valence-electron chi connectivity index (χ1n) is 2.90. The second-order valence-corrected chi connectivity index (χ2v) is 2.49. The molecule has 0 aliphatic rings. The van der Waals surface area contributed by atoms with Crippen molar-refractivity contribution in [1.29, 1.82) is 0 Å². The molecule has 0 aliphatic carbocycles. The Balaban J connectivity index is 3.85. The lowest BCUT2D eigenvalue weighted by atomic mass is 10.3. The van der Waals surface area contributed by atoms with Crippen molar-refractivity contribution in [1.82, 2.24) is 0 Å². The molecule has 0 atom stereocenters. The zero-order valence-electron chi connectivity index (χ0n) is 6.06. The summed E-state index contributed by atoms with van der Waals surface area (Å²) in [6.45, 7) is 1.44. The van der Waals surface area contributed by atoms with Crippen LogP contribution >= 0.6 is 15.9 Å². The van der Waals surface area contributed by atoms with Crippen molar-refractivity contribution in [2.24, 2.45) is 5.73 Å². The Morgan fingerprint density at radius 1 is 1.73 bits per heavy atom. The van der Waals surface area contributed by atoms with Gasteiger partial charge in [-0.2, -0.15) is 0 Å². The van der Waals surface area contributed by atoms with Crippen LogP contribution in [0.4, 0.5) is 9.18 Å². The van der Waals surface area contributed by atoms with Crippen LogP contribution in [-0.4, -0.2) is 18.0 Å². The zero-order valence-corrected chi connectivity index (χ0v) is 7.65. The largest absolute Gasteiger partial charge is 0.445 e. The van der Waals surface area contributed by atoms with Gasteiger partial charge in [-0.25, -0.2) is 9.18 Å². The summed E-state index contributed by atoms with van der Waals surface area (Å²) in [5, 5.41) is 0.126. The van der Waals surface area contributed by atoms with E-state index in [2.05, 4.69) is 26.4 Å². The van der Waals surface area contributed by atoms with E-state index in [-0.39, 0.29) is 17.8 Å². The summed E-state index contributed by atoms with van der Waals surface area (Å²) in [6, 6.07) is 0. The van der Waals surface area contributed by atoms with E-state index in [9.17, 15) is 9.18 Å². The van der Waals surface area contributed by atoms with Crippen LogP contribution in [0.5, 0.6) is 0 Å². The first kappa shape index (κ1) is 10.4. The highest BCUT2D eigenvalue weighted by Gasteiger charge is 2.01. The number of hydrogen-bond acceptors (Lipinski definition) is 2. The number of allylic oxidation sites excluding steroid dienone is 1. The second kappa shape index (κ2) is 5.12. The van der Waals surface area contributed by atoms with Crippen molar-refractivity contribution < 1.29 is 13.9 Å². The quantitative estimate of drug-likeness (QED) is 0.745. The van der Waals surface area contributed by atoms with Gasteiger partial charge in [-0.3, -0.25) is 0 Å². The van der Waals surface area contributed by atoms with Crippen molar-refractivity contribution in [3.05, 3.63) is 11.4 Å². The van der Waals surface area contributed by atoms with Gasteiger partial charge < -0.3 is 10.5 Å². The zero-order chi connectivity index (χ0) is 8.85. The van der Waals surface area contributed by atoms with Gasteiger partial charge in [0.2, 0.25) is 0 Å². The van der Waals surface area contributed by atoms with Crippen LogP contribution in [0.3, 0.4) is 0 Å². The Morgan fingerprint density at radius 3 is 2.64 bits per heavy atom. The van der Waals surface area contributed by atoms with Gasteiger partial charge in [0, 0.05) is 0 Å². The van der Waals surface area contributed by atoms with Crippen molar-refractivity contribution in [3.63, 3.8) is 0 Å². The maximum Gasteiger partial charge on any atom is 0.404 e. The molecule has 0 radical (unpaired) electrons. The molecular formula is C6H9BrFNO2. The predicted octanol–water partition coefficient (Wildman–Crippen LogP) is 1.72. The summed E-state index contributed by atoms with van der Waals surface area (Å²) in [5.41, 5.74) is 5.03. The van der Waals surface area contributed by atoms with Crippen LogP contribution in [0, 0.1) is 0 Å². The van der Waals surface area contributed by atoms with E-state index in [1.165, 1.54) is 6.92 Å². The minimum atomic E-state index is -0.897. The van der Waals surface area contributed by atoms with Gasteiger partial charge in [-0.15, -0.1) is 0 Å². The molecule has 11 heavy (non-hydrogen) atoms. The number of nitrogens with two attached hydrogens (primary N) is 1. The summed E-state index contributed by atoms with van der Waals surface area (Å²) < 4.78 is 16.9. The Hall–Kier alpha value is -0.580. The molecule has 64 valence electrons. The number of carbonyl (C=O) groups excluding carboxylic acids is 1. The molecule has 0 bridgehead atoms. The fraction of sp³-hybridized carbons (Fsp3) is 0.500. The topological polar surface area (TPSA) is 52.3 Å². The molecule has 0 spiro atoms. The van der Waals surface area contributed by atoms with Gasteiger partial charge in [-0.1, -0.05) is 15.9 Å². The van der Waals surface area contributed by atoms with Crippen LogP contribution in [0.1, 0.15) is 6.92 Å². The average molecular weight is 226 g/mol. The van der Waals surface area contributed by atoms with E-state index < -0.39 is 6.09 Å². The number of alkyl halides is 1. The molecule has 3 nitrogen and oxygen atoms in total. The van der Waals surface area contributed by atoms with Gasteiger partial charge in [0.05, 0.1) is 5.33 Å². The third kappa shape index (κ3) is 4.78. The van der Waals surface area contributed by atoms with Gasteiger partial charge in [0.25, 0.3) is 0 Å². The van der Waals surface area contributed by atoms with Gasteiger partial charge in [0.1, 0.15) is 12.4 Å². The van der Waals surface area contributed by atoms with Crippen molar-refractivity contribution in [2.75, 3.05) is 11.9 Å². The number of amides is 1. The molecule has 1 amide bonds. The van der Waals surface area contributed by atoms with Crippen LogP contribution in [0.2, 0.25) is 0 Å². The van der Waals surface area contributed by atoms with Crippen molar-refractivity contribution in [2.45, 2.75) is 6.92 Å². The van der Waals surface area contributed by atoms with Gasteiger partial charge >= 0.3 is 6.09 Å². The highest BCUT2D eigenvalue weighted by Crippen LogP contribution is 2.08. The third-order valence-corrected chi connectivity index (χ3v) is 1.50. The van der Waals surface area contributed by atoms with Crippen LogP contribution < -0.4 is 5.73 Å². The highest BCUT2D eigenvalue weighted by molar-refractivity contribution is 9.09. The van der Waals surface area contributed by atoms with Crippen LogP contribution in [0.25, 0.3) is 0 Å². The summed E-state index contributed by atoms with van der Waals surface area (Å²) in [5.74, 6) is -0.341. The number of rotatable bonds is 3. The predicted molar refractivity (Wildman–Crippen MR) is 43.1 cm³/mol. The maximum atomic E-state index is 12.6. The number of halogens is 2. The molecule has 0 aromatic carbocycles. The highest BCUT2D eigenvalue weighted by atomic mass is 79.9. The molecule has 2 N–H and O–H groups in total. The van der Waals surface area contributed by atoms with Crippen LogP contribution in [-0.2, 0) is 4.74 Å². The molecule has 0 heterocycles. The Kier molecular flexibility index (Phi) is 4.85. The maximum absolute atomic E-state index is 12.6. The second-order valence-electron chi connectivity index (χ2n) is 1.93. The Labute approximate surface area is 72.5 Å². The van der Waals surface area contributed by atoms with Gasteiger partial charge in [0.15, 0.2) is 0 Å². The van der Waals surface area contributed by atoms with E-state index >= 15 is 0 Å². The van der Waals surface area contributed by atoms with E-state index in [0.717, 1.165) is 0 Å². The number of carbonyl (C=O) groups is 1. The lowest BCUT2D eigenvalue weighted by molar-refractivity contribution is 0.166. The molecular weight excluding hydrogens is 217 g/mol. The monoisotopic (exact) mass is 225 g/mol. The van der Waals surface area contributed by atoms with E-state index in [0.29, 0.717) is 5.57 Å². The van der Waals surface area contributed by atoms with E-state index in [4.69, 9.17) is 0 Å². The van der Waals surface area contributed by atoms with E-state index in [1.807, 2.05) is 0 Å². The smallest absolute Gasteiger partial charge is 0.404 e. The van der Waals surface area contributed by atoms with Crippen molar-refractivity contribution in [3.8, 4) is 0 Å². The summed E-state index contributed by atoms with van der Waals surface area (Å²) in [7, 11) is 0. The minimum Gasteiger partial charge on any atom is -0.445 e. The lowest BCUT2D eigenvalue weighted by Crippen LogP contribution is -2.14. The van der Waals surface area contributed by atoms with Crippen molar-refractivity contribution >= 4 is 22.0 Å². The average Bonchev–Trinajstić information content (AvgIpc) is 1.98. The Bertz CT molecular complexity index is 181. The summed E-state index contributed by atoms with van der Waals surface area (Å²) in [4.78, 5) is 10.1. The molecule has 5 heteroatoms. The first-order chi connectivity index (χ1) is 5.07. The standard InChI is InChI=1S/C6H9BrFNO2/c1-4(5(8)2-7)3-11-6(9)10/h2-3H2,1H3,(H2,9,10)/b5-4-. The molecule has 0 aromatic heterocycles. The normalized spacial score (nSPS) is 12.3.